The number of unbranched alkanes of at least 4 members (excludes halogenated alkanes) is 1. The van der Waals surface area contributed by atoms with E-state index in [4.69, 9.17) is 16.3 Å². The maximum absolute atomic E-state index is 6.04. The van der Waals surface area contributed by atoms with Crippen molar-refractivity contribution >= 4 is 11.6 Å². The summed E-state index contributed by atoms with van der Waals surface area (Å²) >= 11 is 6.04. The highest BCUT2D eigenvalue weighted by atomic mass is 35.5. The van der Waals surface area contributed by atoms with Crippen LogP contribution in [0.25, 0.3) is 0 Å². The fourth-order valence-corrected chi connectivity index (χ4v) is 1.55. The third-order valence-corrected chi connectivity index (χ3v) is 2.62. The molecule has 0 aromatic heterocycles. The zero-order valence-electron chi connectivity index (χ0n) is 9.92. The Kier molecular flexibility index (Phi) is 5.41. The Morgan fingerprint density at radius 2 is 2.19 bits per heavy atom. The van der Waals surface area contributed by atoms with E-state index < -0.39 is 0 Å². The van der Waals surface area contributed by atoms with Crippen molar-refractivity contribution in [1.29, 1.82) is 0 Å². The lowest BCUT2D eigenvalue weighted by Gasteiger charge is -2.10. The van der Waals surface area contributed by atoms with E-state index in [0.717, 1.165) is 36.7 Å². The molecule has 0 fully saturated rings. The Morgan fingerprint density at radius 1 is 1.44 bits per heavy atom. The maximum Gasteiger partial charge on any atom is 0.121 e. The third kappa shape index (κ3) is 3.90. The van der Waals surface area contributed by atoms with Crippen molar-refractivity contribution in [1.82, 2.24) is 0 Å². The molecule has 0 N–H and O–H groups in total. The first-order valence-electron chi connectivity index (χ1n) is 5.57. The molecule has 0 heterocycles. The number of hydrogen-bond donors (Lipinski definition) is 0. The van der Waals surface area contributed by atoms with Gasteiger partial charge in [-0.15, -0.1) is 6.58 Å². The molecule has 1 aromatic rings. The summed E-state index contributed by atoms with van der Waals surface area (Å²) < 4.78 is 5.63. The first-order chi connectivity index (χ1) is 7.67. The van der Waals surface area contributed by atoms with Crippen LogP contribution >= 0.6 is 11.6 Å². The van der Waals surface area contributed by atoms with Crippen molar-refractivity contribution in [3.63, 3.8) is 0 Å². The number of hydrogen-bond acceptors (Lipinski definition) is 1. The van der Waals surface area contributed by atoms with Crippen molar-refractivity contribution in [2.75, 3.05) is 6.61 Å². The Morgan fingerprint density at radius 3 is 2.81 bits per heavy atom. The van der Waals surface area contributed by atoms with Gasteiger partial charge in [0.25, 0.3) is 0 Å². The molecule has 0 saturated heterocycles. The van der Waals surface area contributed by atoms with E-state index in [1.165, 1.54) is 0 Å². The molecule has 87 valence electrons. The van der Waals surface area contributed by atoms with Crippen LogP contribution in [-0.4, -0.2) is 6.61 Å². The van der Waals surface area contributed by atoms with E-state index in [0.29, 0.717) is 5.02 Å². The van der Waals surface area contributed by atoms with Crippen molar-refractivity contribution in [2.24, 2.45) is 0 Å². The van der Waals surface area contributed by atoms with Crippen molar-refractivity contribution < 1.29 is 4.74 Å². The van der Waals surface area contributed by atoms with Gasteiger partial charge in [0.1, 0.15) is 5.75 Å². The summed E-state index contributed by atoms with van der Waals surface area (Å²) in [5.41, 5.74) is 1.06. The van der Waals surface area contributed by atoms with E-state index in [2.05, 4.69) is 13.5 Å². The highest BCUT2D eigenvalue weighted by molar-refractivity contribution is 6.30. The van der Waals surface area contributed by atoms with Crippen LogP contribution in [0.3, 0.4) is 0 Å². The first-order valence-corrected chi connectivity index (χ1v) is 5.95. The van der Waals surface area contributed by atoms with Gasteiger partial charge in [0, 0.05) is 10.9 Å². The Bertz CT molecular complexity index is 347. The van der Waals surface area contributed by atoms with Crippen molar-refractivity contribution in [2.45, 2.75) is 26.7 Å². The molecular formula is C14H18ClO. The molecule has 0 unspecified atom stereocenters. The summed E-state index contributed by atoms with van der Waals surface area (Å²) in [5, 5.41) is 0.699. The molecule has 0 bridgehead atoms. The molecular weight excluding hydrogens is 220 g/mol. The highest BCUT2D eigenvalue weighted by Gasteiger charge is 2.05. The lowest BCUT2D eigenvalue weighted by Crippen LogP contribution is -1.98. The smallest absolute Gasteiger partial charge is 0.121 e. The Hall–Kier alpha value is -0.950. The van der Waals surface area contributed by atoms with Gasteiger partial charge >= 0.3 is 0 Å². The second kappa shape index (κ2) is 6.59. The summed E-state index contributed by atoms with van der Waals surface area (Å²) in [6.45, 7) is 8.64. The fourth-order valence-electron chi connectivity index (χ4n) is 1.33. The minimum absolute atomic E-state index is 0.699. The monoisotopic (exact) mass is 237 g/mol. The normalized spacial score (nSPS) is 10.5. The fraction of sp³-hybridized carbons (Fsp3) is 0.357. The van der Waals surface area contributed by atoms with Gasteiger partial charge in [0.05, 0.1) is 6.61 Å². The SMILES string of the molecule is C=C[C](C)c1cc(Cl)cc(OCCCC)c1. The average molecular weight is 238 g/mol. The molecule has 0 amide bonds. The summed E-state index contributed by atoms with van der Waals surface area (Å²) in [5.74, 6) is 1.93. The number of halogens is 1. The van der Waals surface area contributed by atoms with Crippen LogP contribution in [0.1, 0.15) is 32.3 Å². The lowest BCUT2D eigenvalue weighted by molar-refractivity contribution is 0.309. The van der Waals surface area contributed by atoms with Gasteiger partial charge < -0.3 is 4.74 Å². The van der Waals surface area contributed by atoms with Crippen LogP contribution in [0.5, 0.6) is 5.75 Å². The third-order valence-electron chi connectivity index (χ3n) is 2.40. The molecule has 2 heteroatoms. The van der Waals surface area contributed by atoms with Crippen molar-refractivity contribution in [3.8, 4) is 5.75 Å². The molecule has 16 heavy (non-hydrogen) atoms. The molecule has 1 aromatic carbocycles. The van der Waals surface area contributed by atoms with Crippen LogP contribution in [-0.2, 0) is 0 Å². The second-order valence-corrected chi connectivity index (χ2v) is 4.20. The number of ether oxygens (including phenoxy) is 1. The predicted molar refractivity (Wildman–Crippen MR) is 70.1 cm³/mol. The molecule has 0 atom stereocenters. The number of benzene rings is 1. The largest absolute Gasteiger partial charge is 0.494 e. The van der Waals surface area contributed by atoms with Gasteiger partial charge in [-0.1, -0.05) is 37.9 Å². The lowest BCUT2D eigenvalue weighted by atomic mass is 10.0. The standard InChI is InChI=1S/C14H18ClO/c1-4-6-7-16-14-9-12(11(3)5-2)8-13(15)10-14/h5,8-10H,2,4,6-7H2,1,3H3. The van der Waals surface area contributed by atoms with Gasteiger partial charge in [-0.05, 0) is 30.2 Å². The van der Waals surface area contributed by atoms with Gasteiger partial charge in [0.15, 0.2) is 0 Å². The van der Waals surface area contributed by atoms with Crippen molar-refractivity contribution in [3.05, 3.63) is 47.4 Å². The topological polar surface area (TPSA) is 9.23 Å². The molecule has 1 radical (unpaired) electrons. The Labute approximate surface area is 103 Å². The maximum atomic E-state index is 6.04. The van der Waals surface area contributed by atoms with Crippen LogP contribution in [0, 0.1) is 5.92 Å². The molecule has 0 spiro atoms. The molecule has 0 aliphatic heterocycles. The van der Waals surface area contributed by atoms with Gasteiger partial charge in [-0.2, -0.15) is 0 Å². The predicted octanol–water partition coefficient (Wildman–Crippen LogP) is 4.65. The minimum Gasteiger partial charge on any atom is -0.494 e. The van der Waals surface area contributed by atoms with Gasteiger partial charge in [-0.3, -0.25) is 0 Å². The molecule has 0 aliphatic carbocycles. The van der Waals surface area contributed by atoms with E-state index in [9.17, 15) is 0 Å². The van der Waals surface area contributed by atoms with E-state index in [1.54, 1.807) is 0 Å². The number of rotatable bonds is 6. The summed E-state index contributed by atoms with van der Waals surface area (Å²) in [6.07, 6.45) is 4.01. The van der Waals surface area contributed by atoms with Crippen LogP contribution < -0.4 is 4.74 Å². The average Bonchev–Trinajstić information content (AvgIpc) is 2.27. The van der Waals surface area contributed by atoms with Gasteiger partial charge in [-0.25, -0.2) is 0 Å². The zero-order chi connectivity index (χ0) is 12.0. The van der Waals surface area contributed by atoms with E-state index in [-0.39, 0.29) is 0 Å². The first kappa shape index (κ1) is 13.1. The second-order valence-electron chi connectivity index (χ2n) is 3.76. The summed E-state index contributed by atoms with van der Waals surface area (Å²) in [7, 11) is 0. The number of allylic oxidation sites excluding steroid dienone is 1. The summed E-state index contributed by atoms with van der Waals surface area (Å²) in [4.78, 5) is 0. The molecule has 0 aliphatic rings. The Balaban J connectivity index is 2.77. The quantitative estimate of drug-likeness (QED) is 0.655. The van der Waals surface area contributed by atoms with E-state index in [1.807, 2.05) is 31.2 Å². The van der Waals surface area contributed by atoms with Gasteiger partial charge in [0.2, 0.25) is 0 Å². The zero-order valence-corrected chi connectivity index (χ0v) is 10.7. The highest BCUT2D eigenvalue weighted by Crippen LogP contribution is 2.26. The molecule has 1 rings (SSSR count). The van der Waals surface area contributed by atoms with Crippen LogP contribution in [0.2, 0.25) is 5.02 Å². The van der Waals surface area contributed by atoms with Crippen LogP contribution in [0.4, 0.5) is 0 Å². The van der Waals surface area contributed by atoms with E-state index >= 15 is 0 Å². The molecule has 1 nitrogen and oxygen atoms in total. The molecule has 0 saturated carbocycles. The minimum atomic E-state index is 0.699. The van der Waals surface area contributed by atoms with Crippen LogP contribution in [0.15, 0.2) is 30.9 Å². The summed E-state index contributed by atoms with van der Waals surface area (Å²) in [6, 6.07) is 5.76.